The zero-order chi connectivity index (χ0) is 19.9. The molecule has 2 amide bonds. The number of benzene rings is 2. The molecule has 0 aliphatic carbocycles. The summed E-state index contributed by atoms with van der Waals surface area (Å²) in [6.45, 7) is 2.92. The number of carbonyl (C=O) groups is 2. The molecule has 7 nitrogen and oxygen atoms in total. The quantitative estimate of drug-likeness (QED) is 0.615. The van der Waals surface area contributed by atoms with Gasteiger partial charge in [0.25, 0.3) is 17.4 Å². The number of rotatable bonds is 7. The molecule has 2 N–H and O–H groups in total. The summed E-state index contributed by atoms with van der Waals surface area (Å²) in [6, 6.07) is 15.8. The maximum atomic E-state index is 12.6. The van der Waals surface area contributed by atoms with Crippen LogP contribution < -0.4 is 16.2 Å². The van der Waals surface area contributed by atoms with Crippen LogP contribution in [0, 0.1) is 0 Å². The fourth-order valence-electron chi connectivity index (χ4n) is 2.89. The van der Waals surface area contributed by atoms with Gasteiger partial charge in [0.1, 0.15) is 0 Å². The number of nitrogens with zero attached hydrogens (tertiary/aromatic N) is 2. The molecular formula is C21H22N4O3. The zero-order valence-electron chi connectivity index (χ0n) is 15.6. The van der Waals surface area contributed by atoms with Crippen LogP contribution >= 0.6 is 0 Å². The van der Waals surface area contributed by atoms with Crippen molar-refractivity contribution in [3.63, 3.8) is 0 Å². The fourth-order valence-corrected chi connectivity index (χ4v) is 2.89. The maximum absolute atomic E-state index is 12.6. The highest BCUT2D eigenvalue weighted by Gasteiger charge is 2.16. The lowest BCUT2D eigenvalue weighted by atomic mass is 10.1. The third-order valence-corrected chi connectivity index (χ3v) is 4.25. The Morgan fingerprint density at radius 2 is 1.50 bits per heavy atom. The smallest absolute Gasteiger partial charge is 0.274 e. The van der Waals surface area contributed by atoms with Crippen molar-refractivity contribution in [2.24, 2.45) is 0 Å². The van der Waals surface area contributed by atoms with Crippen molar-refractivity contribution in [2.75, 3.05) is 13.1 Å². The van der Waals surface area contributed by atoms with Gasteiger partial charge in [-0.1, -0.05) is 43.3 Å². The molecule has 2 aromatic carbocycles. The molecule has 0 unspecified atom stereocenters. The van der Waals surface area contributed by atoms with Crippen molar-refractivity contribution in [2.45, 2.75) is 19.9 Å². The van der Waals surface area contributed by atoms with Crippen LogP contribution in [0.5, 0.6) is 0 Å². The molecule has 0 bridgehead atoms. The molecule has 3 rings (SSSR count). The monoisotopic (exact) mass is 378 g/mol. The topological polar surface area (TPSA) is 93.1 Å². The molecule has 0 saturated heterocycles. The summed E-state index contributed by atoms with van der Waals surface area (Å²) < 4.78 is 1.33. The predicted molar refractivity (Wildman–Crippen MR) is 107 cm³/mol. The van der Waals surface area contributed by atoms with Gasteiger partial charge in [0.15, 0.2) is 5.69 Å². The Morgan fingerprint density at radius 3 is 2.18 bits per heavy atom. The minimum Gasteiger partial charge on any atom is -0.350 e. The van der Waals surface area contributed by atoms with E-state index in [2.05, 4.69) is 15.7 Å². The molecular weight excluding hydrogens is 356 g/mol. The van der Waals surface area contributed by atoms with E-state index in [0.717, 1.165) is 6.42 Å². The minimum absolute atomic E-state index is 0.199. The predicted octanol–water partition coefficient (Wildman–Crippen LogP) is 1.97. The third-order valence-electron chi connectivity index (χ3n) is 4.25. The van der Waals surface area contributed by atoms with Crippen LogP contribution in [0.1, 0.15) is 34.2 Å². The zero-order valence-corrected chi connectivity index (χ0v) is 15.6. The first-order valence-corrected chi connectivity index (χ1v) is 9.23. The number of hydrogen-bond acceptors (Lipinski definition) is 4. The van der Waals surface area contributed by atoms with Crippen molar-refractivity contribution < 1.29 is 9.59 Å². The average Bonchev–Trinajstić information content (AvgIpc) is 2.73. The van der Waals surface area contributed by atoms with Crippen LogP contribution in [0.2, 0.25) is 0 Å². The summed E-state index contributed by atoms with van der Waals surface area (Å²) in [6.07, 6.45) is 0.734. The molecule has 7 heteroatoms. The van der Waals surface area contributed by atoms with Crippen molar-refractivity contribution in [1.82, 2.24) is 20.4 Å². The van der Waals surface area contributed by atoms with Crippen molar-refractivity contribution in [1.29, 1.82) is 0 Å². The molecule has 0 aliphatic heterocycles. The van der Waals surface area contributed by atoms with E-state index >= 15 is 0 Å². The van der Waals surface area contributed by atoms with Gasteiger partial charge in [-0.3, -0.25) is 14.4 Å². The van der Waals surface area contributed by atoms with E-state index in [4.69, 9.17) is 0 Å². The highest BCUT2D eigenvalue weighted by atomic mass is 16.2. The first-order chi connectivity index (χ1) is 13.6. The lowest BCUT2D eigenvalue weighted by Crippen LogP contribution is -2.36. The van der Waals surface area contributed by atoms with E-state index in [1.54, 1.807) is 48.5 Å². The summed E-state index contributed by atoms with van der Waals surface area (Å²) in [5.74, 6) is -0.579. The third kappa shape index (κ3) is 4.25. The minimum atomic E-state index is -0.380. The van der Waals surface area contributed by atoms with Crippen LogP contribution in [0.25, 0.3) is 10.8 Å². The Morgan fingerprint density at radius 1 is 0.893 bits per heavy atom. The number of fused-ring (bicyclic) bond motifs is 1. The second kappa shape index (κ2) is 8.94. The van der Waals surface area contributed by atoms with Gasteiger partial charge in [0, 0.05) is 30.6 Å². The molecule has 1 aromatic heterocycles. The molecule has 0 saturated carbocycles. The van der Waals surface area contributed by atoms with Gasteiger partial charge >= 0.3 is 0 Å². The summed E-state index contributed by atoms with van der Waals surface area (Å²) in [5, 5.41) is 10.8. The Labute approximate surface area is 162 Å². The van der Waals surface area contributed by atoms with Crippen LogP contribution in [0.3, 0.4) is 0 Å². The summed E-state index contributed by atoms with van der Waals surface area (Å²) in [4.78, 5) is 37.1. The highest BCUT2D eigenvalue weighted by molar-refractivity contribution is 6.04. The SMILES string of the molecule is CCCn1nc(C(=O)NCCNC(=O)c2ccccc2)c2ccccc2c1=O. The molecule has 0 aliphatic rings. The number of hydrogen-bond donors (Lipinski definition) is 2. The Kier molecular flexibility index (Phi) is 6.16. The second-order valence-electron chi connectivity index (χ2n) is 6.30. The van der Waals surface area contributed by atoms with Crippen LogP contribution in [0.4, 0.5) is 0 Å². The number of amides is 2. The normalized spacial score (nSPS) is 10.6. The lowest BCUT2D eigenvalue weighted by Gasteiger charge is -2.11. The largest absolute Gasteiger partial charge is 0.350 e. The molecule has 1 heterocycles. The maximum Gasteiger partial charge on any atom is 0.274 e. The van der Waals surface area contributed by atoms with E-state index in [1.807, 2.05) is 13.0 Å². The molecule has 0 atom stereocenters. The van der Waals surface area contributed by atoms with Gasteiger partial charge in [0.2, 0.25) is 0 Å². The van der Waals surface area contributed by atoms with E-state index in [9.17, 15) is 14.4 Å². The van der Waals surface area contributed by atoms with E-state index in [1.165, 1.54) is 4.68 Å². The Bertz CT molecular complexity index is 1040. The first-order valence-electron chi connectivity index (χ1n) is 9.23. The molecule has 0 radical (unpaired) electrons. The average molecular weight is 378 g/mol. The number of nitrogens with one attached hydrogen (secondary N) is 2. The molecule has 144 valence electrons. The number of aromatic nitrogens is 2. The van der Waals surface area contributed by atoms with Crippen molar-refractivity contribution >= 4 is 22.6 Å². The van der Waals surface area contributed by atoms with Gasteiger partial charge in [-0.15, -0.1) is 0 Å². The van der Waals surface area contributed by atoms with Gasteiger partial charge in [-0.05, 0) is 24.6 Å². The fraction of sp³-hybridized carbons (Fsp3) is 0.238. The van der Waals surface area contributed by atoms with E-state index in [0.29, 0.717) is 22.9 Å². The van der Waals surface area contributed by atoms with Gasteiger partial charge < -0.3 is 10.6 Å². The van der Waals surface area contributed by atoms with Crippen LogP contribution in [-0.4, -0.2) is 34.7 Å². The van der Waals surface area contributed by atoms with Gasteiger partial charge in [0.05, 0.1) is 5.39 Å². The molecule has 28 heavy (non-hydrogen) atoms. The Hall–Kier alpha value is -3.48. The summed E-state index contributed by atoms with van der Waals surface area (Å²) >= 11 is 0. The van der Waals surface area contributed by atoms with Crippen LogP contribution in [-0.2, 0) is 6.54 Å². The van der Waals surface area contributed by atoms with E-state index in [-0.39, 0.29) is 36.2 Å². The van der Waals surface area contributed by atoms with Crippen LogP contribution in [0.15, 0.2) is 59.4 Å². The van der Waals surface area contributed by atoms with Crippen molar-refractivity contribution in [3.8, 4) is 0 Å². The number of aryl methyl sites for hydroxylation is 1. The number of carbonyl (C=O) groups excluding carboxylic acids is 2. The van der Waals surface area contributed by atoms with Crippen molar-refractivity contribution in [3.05, 3.63) is 76.2 Å². The summed E-state index contributed by atoms with van der Waals surface area (Å²) in [5.41, 5.74) is 0.565. The van der Waals surface area contributed by atoms with Gasteiger partial charge in [-0.25, -0.2) is 4.68 Å². The lowest BCUT2D eigenvalue weighted by molar-refractivity contribution is 0.0924. The second-order valence-corrected chi connectivity index (χ2v) is 6.30. The summed E-state index contributed by atoms with van der Waals surface area (Å²) in [7, 11) is 0. The van der Waals surface area contributed by atoms with Gasteiger partial charge in [-0.2, -0.15) is 5.10 Å². The standard InChI is InChI=1S/C21H22N4O3/c1-2-14-25-21(28)17-11-7-6-10-16(17)18(24-25)20(27)23-13-12-22-19(26)15-8-4-3-5-9-15/h3-11H,2,12-14H2,1H3,(H,22,26)(H,23,27). The molecule has 0 spiro atoms. The highest BCUT2D eigenvalue weighted by Crippen LogP contribution is 2.13. The molecule has 3 aromatic rings. The molecule has 0 fully saturated rings. The van der Waals surface area contributed by atoms with E-state index < -0.39 is 0 Å². The Balaban J connectivity index is 1.69. The first kappa shape index (κ1) is 19.3.